The summed E-state index contributed by atoms with van der Waals surface area (Å²) in [7, 11) is -1.74. The number of hydrogen-bond donors (Lipinski definition) is 1. The van der Waals surface area contributed by atoms with E-state index in [1.54, 1.807) is 0 Å². The van der Waals surface area contributed by atoms with Crippen LogP contribution in [0.1, 0.15) is 6.92 Å². The van der Waals surface area contributed by atoms with Crippen molar-refractivity contribution < 1.29 is 12.8 Å². The molecule has 1 aliphatic rings. The average Bonchev–Trinajstić information content (AvgIpc) is 2.33. The molecule has 0 aliphatic carbocycles. The van der Waals surface area contributed by atoms with Gasteiger partial charge in [-0.05, 0) is 42.0 Å². The lowest BCUT2D eigenvalue weighted by atomic mass is 10.2. The van der Waals surface area contributed by atoms with Crippen LogP contribution < -0.4 is 5.73 Å². The minimum Gasteiger partial charge on any atom is -0.396 e. The van der Waals surface area contributed by atoms with Gasteiger partial charge in [-0.25, -0.2) is 12.8 Å². The van der Waals surface area contributed by atoms with E-state index in [9.17, 15) is 12.8 Å². The molecule has 2 rings (SSSR count). The molecule has 0 radical (unpaired) electrons. The summed E-state index contributed by atoms with van der Waals surface area (Å²) in [6.07, 6.45) is 0. The maximum Gasteiger partial charge on any atom is 0.244 e. The molecular weight excluding hydrogens is 349 g/mol. The Kier molecular flexibility index (Phi) is 4.38. The molecule has 0 spiro atoms. The predicted molar refractivity (Wildman–Crippen MR) is 79.4 cm³/mol. The second kappa shape index (κ2) is 5.59. The number of nitrogen functional groups attached to an aromatic ring is 1. The third kappa shape index (κ3) is 2.83. The summed E-state index contributed by atoms with van der Waals surface area (Å²) in [6.45, 7) is 3.59. The summed E-state index contributed by atoms with van der Waals surface area (Å²) in [5.74, 6) is -0.637. The van der Waals surface area contributed by atoms with Crippen molar-refractivity contribution in [3.8, 4) is 0 Å². The van der Waals surface area contributed by atoms with Crippen LogP contribution >= 0.6 is 15.9 Å². The van der Waals surface area contributed by atoms with Crippen molar-refractivity contribution in [2.24, 2.45) is 0 Å². The van der Waals surface area contributed by atoms with Crippen molar-refractivity contribution in [1.29, 1.82) is 0 Å². The molecule has 1 aromatic rings. The fourth-order valence-corrected chi connectivity index (χ4v) is 4.97. The molecule has 1 atom stereocenters. The Morgan fingerprint density at radius 1 is 1.40 bits per heavy atom. The van der Waals surface area contributed by atoms with Gasteiger partial charge in [-0.1, -0.05) is 0 Å². The van der Waals surface area contributed by atoms with Gasteiger partial charge in [0.15, 0.2) is 0 Å². The molecule has 1 saturated heterocycles. The van der Waals surface area contributed by atoms with E-state index in [2.05, 4.69) is 20.8 Å². The fraction of sp³-hybridized carbons (Fsp3) is 0.500. The molecule has 0 aromatic heterocycles. The number of anilines is 1. The first-order chi connectivity index (χ1) is 9.23. The highest BCUT2D eigenvalue weighted by Gasteiger charge is 2.34. The van der Waals surface area contributed by atoms with E-state index in [-0.39, 0.29) is 21.1 Å². The standard InChI is InChI=1S/C12H17BrFN3O2S/c1-8-7-16(2)3-4-17(8)20(18,19)12-6-11(15)10(14)5-9(12)13/h5-6,8H,3-4,7,15H2,1-2H3. The van der Waals surface area contributed by atoms with Crippen molar-refractivity contribution in [2.75, 3.05) is 32.4 Å². The zero-order valence-electron chi connectivity index (χ0n) is 11.3. The number of piperazine rings is 1. The Bertz CT molecular complexity index is 623. The summed E-state index contributed by atoms with van der Waals surface area (Å²) in [4.78, 5) is 2.08. The van der Waals surface area contributed by atoms with Gasteiger partial charge in [0, 0.05) is 30.1 Å². The third-order valence-corrected chi connectivity index (χ3v) is 6.38. The zero-order valence-corrected chi connectivity index (χ0v) is 13.7. The Morgan fingerprint density at radius 2 is 2.05 bits per heavy atom. The molecule has 1 aliphatic heterocycles. The number of halogens is 2. The number of likely N-dealkylation sites (N-methyl/N-ethyl adjacent to an activating group) is 1. The highest BCUT2D eigenvalue weighted by Crippen LogP contribution is 2.30. The molecule has 0 bridgehead atoms. The molecule has 8 heteroatoms. The first kappa shape index (κ1) is 15.7. The van der Waals surface area contributed by atoms with Crippen LogP contribution in [0, 0.1) is 5.82 Å². The van der Waals surface area contributed by atoms with Crippen LogP contribution in [-0.2, 0) is 10.0 Å². The van der Waals surface area contributed by atoms with Gasteiger partial charge < -0.3 is 10.6 Å². The Hall–Kier alpha value is -0.700. The second-order valence-corrected chi connectivity index (χ2v) is 7.74. The summed E-state index contributed by atoms with van der Waals surface area (Å²) < 4.78 is 40.3. The first-order valence-electron chi connectivity index (χ1n) is 6.18. The van der Waals surface area contributed by atoms with Crippen molar-refractivity contribution in [2.45, 2.75) is 17.9 Å². The second-order valence-electron chi connectivity index (χ2n) is 5.03. The zero-order chi connectivity index (χ0) is 15.1. The van der Waals surface area contributed by atoms with E-state index in [4.69, 9.17) is 5.73 Å². The number of rotatable bonds is 2. The summed E-state index contributed by atoms with van der Waals surface area (Å²) in [5.41, 5.74) is 5.31. The van der Waals surface area contributed by atoms with Crippen LogP contribution in [0.3, 0.4) is 0 Å². The predicted octanol–water partition coefficient (Wildman–Crippen LogP) is 1.50. The smallest absolute Gasteiger partial charge is 0.244 e. The third-order valence-electron chi connectivity index (χ3n) is 3.41. The van der Waals surface area contributed by atoms with Gasteiger partial charge in [0.25, 0.3) is 0 Å². The molecule has 1 fully saturated rings. The molecule has 0 amide bonds. The number of nitrogens with two attached hydrogens (primary N) is 1. The lowest BCUT2D eigenvalue weighted by molar-refractivity contribution is 0.170. The van der Waals surface area contributed by atoms with Crippen LogP contribution in [-0.4, -0.2) is 50.3 Å². The molecule has 112 valence electrons. The SMILES string of the molecule is CC1CN(C)CCN1S(=O)(=O)c1cc(N)c(F)cc1Br. The summed E-state index contributed by atoms with van der Waals surface area (Å²) >= 11 is 3.10. The lowest BCUT2D eigenvalue weighted by Crippen LogP contribution is -2.52. The summed E-state index contributed by atoms with van der Waals surface area (Å²) in [5, 5.41) is 0. The molecular formula is C12H17BrFN3O2S. The Morgan fingerprint density at radius 3 is 2.65 bits per heavy atom. The van der Waals surface area contributed by atoms with E-state index in [1.165, 1.54) is 10.4 Å². The van der Waals surface area contributed by atoms with Crippen LogP contribution in [0.4, 0.5) is 10.1 Å². The summed E-state index contributed by atoms with van der Waals surface area (Å²) in [6, 6.07) is 2.11. The Labute approximate surface area is 126 Å². The van der Waals surface area contributed by atoms with Crippen molar-refractivity contribution in [3.63, 3.8) is 0 Å². The topological polar surface area (TPSA) is 66.6 Å². The molecule has 1 aromatic carbocycles. The molecule has 1 heterocycles. The molecule has 2 N–H and O–H groups in total. The minimum atomic E-state index is -3.69. The lowest BCUT2D eigenvalue weighted by Gasteiger charge is -2.37. The van der Waals surface area contributed by atoms with E-state index >= 15 is 0 Å². The van der Waals surface area contributed by atoms with Crippen molar-refractivity contribution in [1.82, 2.24) is 9.21 Å². The van der Waals surface area contributed by atoms with Gasteiger partial charge in [-0.3, -0.25) is 0 Å². The average molecular weight is 366 g/mol. The normalized spacial score (nSPS) is 22.1. The number of nitrogens with zero attached hydrogens (tertiary/aromatic N) is 2. The Balaban J connectivity index is 2.43. The highest BCUT2D eigenvalue weighted by molar-refractivity contribution is 9.10. The molecule has 20 heavy (non-hydrogen) atoms. The van der Waals surface area contributed by atoms with Gasteiger partial charge in [0.2, 0.25) is 10.0 Å². The highest BCUT2D eigenvalue weighted by atomic mass is 79.9. The molecule has 1 unspecified atom stereocenters. The van der Waals surface area contributed by atoms with Gasteiger partial charge in [0.05, 0.1) is 10.6 Å². The van der Waals surface area contributed by atoms with E-state index in [1.807, 2.05) is 14.0 Å². The molecule has 5 nitrogen and oxygen atoms in total. The number of hydrogen-bond acceptors (Lipinski definition) is 4. The van der Waals surface area contributed by atoms with E-state index in [0.717, 1.165) is 6.07 Å². The largest absolute Gasteiger partial charge is 0.396 e. The number of sulfonamides is 1. The van der Waals surface area contributed by atoms with Gasteiger partial charge in [-0.15, -0.1) is 0 Å². The van der Waals surface area contributed by atoms with E-state index < -0.39 is 15.8 Å². The molecule has 0 saturated carbocycles. The fourth-order valence-electron chi connectivity index (χ4n) is 2.35. The monoisotopic (exact) mass is 365 g/mol. The maximum absolute atomic E-state index is 13.3. The van der Waals surface area contributed by atoms with Gasteiger partial charge >= 0.3 is 0 Å². The maximum atomic E-state index is 13.3. The van der Waals surface area contributed by atoms with Gasteiger partial charge in [-0.2, -0.15) is 4.31 Å². The van der Waals surface area contributed by atoms with Crippen LogP contribution in [0.5, 0.6) is 0 Å². The van der Waals surface area contributed by atoms with Crippen LogP contribution in [0.2, 0.25) is 0 Å². The van der Waals surface area contributed by atoms with Gasteiger partial charge in [0.1, 0.15) is 5.82 Å². The van der Waals surface area contributed by atoms with E-state index in [0.29, 0.717) is 19.6 Å². The first-order valence-corrected chi connectivity index (χ1v) is 8.41. The van der Waals surface area contributed by atoms with Crippen LogP contribution in [0.25, 0.3) is 0 Å². The quantitative estimate of drug-likeness (QED) is 0.806. The number of benzene rings is 1. The van der Waals surface area contributed by atoms with Crippen molar-refractivity contribution in [3.05, 3.63) is 22.4 Å². The minimum absolute atomic E-state index is 0.00723. The van der Waals surface area contributed by atoms with Crippen LogP contribution in [0.15, 0.2) is 21.5 Å². The van der Waals surface area contributed by atoms with Crippen molar-refractivity contribution >= 4 is 31.6 Å².